The van der Waals surface area contributed by atoms with Gasteiger partial charge in [-0.25, -0.2) is 14.4 Å². The number of hydrogen-bond donors (Lipinski definition) is 2. The minimum Gasteiger partial charge on any atom is -0.379 e. The van der Waals surface area contributed by atoms with E-state index in [0.29, 0.717) is 34.1 Å². The first kappa shape index (κ1) is 22.9. The summed E-state index contributed by atoms with van der Waals surface area (Å²) in [6.07, 6.45) is 4.84. The van der Waals surface area contributed by atoms with E-state index in [4.69, 9.17) is 9.72 Å². The lowest BCUT2D eigenvalue weighted by atomic mass is 10.1. The molecular formula is C27H29FN6O2. The molecule has 2 aliphatic rings. The molecule has 9 heteroatoms. The van der Waals surface area contributed by atoms with E-state index >= 15 is 0 Å². The van der Waals surface area contributed by atoms with E-state index in [2.05, 4.69) is 20.5 Å². The van der Waals surface area contributed by atoms with Gasteiger partial charge in [-0.2, -0.15) is 0 Å². The van der Waals surface area contributed by atoms with Gasteiger partial charge < -0.3 is 15.4 Å². The first-order valence-electron chi connectivity index (χ1n) is 12.6. The van der Waals surface area contributed by atoms with Crippen molar-refractivity contribution < 1.29 is 13.9 Å². The summed E-state index contributed by atoms with van der Waals surface area (Å²) >= 11 is 0. The first-order valence-corrected chi connectivity index (χ1v) is 12.6. The third-order valence-electron chi connectivity index (χ3n) is 6.79. The maximum atomic E-state index is 14.2. The van der Waals surface area contributed by atoms with E-state index < -0.39 is 0 Å². The van der Waals surface area contributed by atoms with Gasteiger partial charge in [0.05, 0.1) is 36.1 Å². The molecule has 4 aromatic rings. The number of carbonyl (C=O) groups excluding carboxylic acids is 1. The summed E-state index contributed by atoms with van der Waals surface area (Å²) in [6.45, 7) is 5.26. The molecule has 6 rings (SSSR count). The number of ether oxygens (including phenoxy) is 1. The van der Waals surface area contributed by atoms with Crippen LogP contribution in [0.1, 0.15) is 29.6 Å². The van der Waals surface area contributed by atoms with Crippen LogP contribution in [0.15, 0.2) is 48.7 Å². The van der Waals surface area contributed by atoms with Crippen molar-refractivity contribution in [2.75, 3.05) is 44.7 Å². The van der Waals surface area contributed by atoms with Gasteiger partial charge in [-0.05, 0) is 50.1 Å². The maximum absolute atomic E-state index is 14.2. The van der Waals surface area contributed by atoms with E-state index in [0.717, 1.165) is 69.9 Å². The molecule has 0 spiro atoms. The highest BCUT2D eigenvalue weighted by Gasteiger charge is 2.24. The van der Waals surface area contributed by atoms with Crippen LogP contribution in [0.25, 0.3) is 27.9 Å². The number of anilines is 1. The fourth-order valence-corrected chi connectivity index (χ4v) is 4.65. The molecule has 1 saturated heterocycles. The van der Waals surface area contributed by atoms with Crippen LogP contribution < -0.4 is 10.6 Å². The van der Waals surface area contributed by atoms with Gasteiger partial charge in [-0.15, -0.1) is 0 Å². The highest BCUT2D eigenvalue weighted by atomic mass is 19.1. The van der Waals surface area contributed by atoms with E-state index in [1.165, 1.54) is 12.1 Å². The molecule has 2 aromatic heterocycles. The second-order valence-corrected chi connectivity index (χ2v) is 9.46. The minimum absolute atomic E-state index is 0.0533. The van der Waals surface area contributed by atoms with Crippen LogP contribution in [0, 0.1) is 5.82 Å². The molecule has 1 aliphatic carbocycles. The summed E-state index contributed by atoms with van der Waals surface area (Å²) < 4.78 is 21.6. The van der Waals surface area contributed by atoms with Gasteiger partial charge in [0.1, 0.15) is 5.82 Å². The van der Waals surface area contributed by atoms with Crippen LogP contribution >= 0.6 is 0 Å². The number of hydrogen-bond acceptors (Lipinski definition) is 6. The van der Waals surface area contributed by atoms with Crippen LogP contribution in [0.2, 0.25) is 0 Å². The first-order chi connectivity index (χ1) is 17.7. The fourth-order valence-electron chi connectivity index (χ4n) is 4.65. The molecule has 1 amide bonds. The highest BCUT2D eigenvalue weighted by Crippen LogP contribution is 2.29. The summed E-state index contributed by atoms with van der Waals surface area (Å²) in [4.78, 5) is 24.2. The third kappa shape index (κ3) is 4.76. The van der Waals surface area contributed by atoms with E-state index in [9.17, 15) is 9.18 Å². The number of nitrogens with zero attached hydrogens (tertiary/aromatic N) is 4. The molecule has 8 nitrogen and oxygen atoms in total. The maximum Gasteiger partial charge on any atom is 0.251 e. The lowest BCUT2D eigenvalue weighted by molar-refractivity contribution is 0.0378. The summed E-state index contributed by atoms with van der Waals surface area (Å²) in [5.74, 6) is 0.286. The van der Waals surface area contributed by atoms with Crippen LogP contribution in [0.4, 0.5) is 10.2 Å². The summed E-state index contributed by atoms with van der Waals surface area (Å²) in [5.41, 5.74) is 4.30. The number of morpholine rings is 1. The quantitative estimate of drug-likeness (QED) is 0.368. The second kappa shape index (κ2) is 9.83. The van der Waals surface area contributed by atoms with Crippen LogP contribution in [0.3, 0.4) is 0 Å². The zero-order valence-electron chi connectivity index (χ0n) is 20.0. The number of imidazole rings is 1. The Kier molecular flexibility index (Phi) is 6.25. The monoisotopic (exact) mass is 488 g/mol. The Balaban J connectivity index is 1.29. The van der Waals surface area contributed by atoms with E-state index in [-0.39, 0.29) is 11.7 Å². The molecule has 0 atom stereocenters. The molecule has 1 saturated carbocycles. The SMILES string of the molecule is O=C(NC1CC1)c1ccc(-c2cnc3c(NCCCN4CCOCC4)nc4ccc(F)cc4n23)cc1. The lowest BCUT2D eigenvalue weighted by Crippen LogP contribution is -2.37. The zero-order valence-corrected chi connectivity index (χ0v) is 20.0. The van der Waals surface area contributed by atoms with Crippen molar-refractivity contribution in [3.05, 3.63) is 60.0 Å². The number of carbonyl (C=O) groups is 1. The Morgan fingerprint density at radius 1 is 1.11 bits per heavy atom. The Hall–Kier alpha value is -3.56. The van der Waals surface area contributed by atoms with Crippen LogP contribution in [0.5, 0.6) is 0 Å². The van der Waals surface area contributed by atoms with Crippen LogP contribution in [-0.2, 0) is 4.74 Å². The number of benzene rings is 2. The third-order valence-corrected chi connectivity index (χ3v) is 6.79. The standard InChI is InChI=1S/C27H29FN6O2/c28-20-6-9-22-23(16-20)34-24(18-2-4-19(5-3-18)27(35)31-21-7-8-21)17-30-26(34)25(32-22)29-10-1-11-33-12-14-36-15-13-33/h2-6,9,16-17,21H,1,7-8,10-15H2,(H,29,32)(H,31,35). The summed E-state index contributed by atoms with van der Waals surface area (Å²) in [5, 5.41) is 6.46. The summed E-state index contributed by atoms with van der Waals surface area (Å²) in [7, 11) is 0. The van der Waals surface area contributed by atoms with Gasteiger partial charge >= 0.3 is 0 Å². The average Bonchev–Trinajstić information content (AvgIpc) is 3.61. The topological polar surface area (TPSA) is 83.8 Å². The number of aromatic nitrogens is 3. The minimum atomic E-state index is -0.330. The Morgan fingerprint density at radius 3 is 2.69 bits per heavy atom. The second-order valence-electron chi connectivity index (χ2n) is 9.46. The smallest absolute Gasteiger partial charge is 0.251 e. The molecule has 2 N–H and O–H groups in total. The number of amides is 1. The largest absolute Gasteiger partial charge is 0.379 e. The van der Waals surface area contributed by atoms with Crippen molar-refractivity contribution in [1.82, 2.24) is 24.6 Å². The predicted octanol–water partition coefficient (Wildman–Crippen LogP) is 3.72. The fraction of sp³-hybridized carbons (Fsp3) is 0.370. The van der Waals surface area contributed by atoms with E-state index in [1.54, 1.807) is 12.3 Å². The van der Waals surface area contributed by atoms with Crippen molar-refractivity contribution >= 4 is 28.4 Å². The lowest BCUT2D eigenvalue weighted by Gasteiger charge is -2.26. The zero-order chi connectivity index (χ0) is 24.5. The molecule has 0 bridgehead atoms. The van der Waals surface area contributed by atoms with Crippen molar-refractivity contribution in [2.24, 2.45) is 0 Å². The van der Waals surface area contributed by atoms with Crippen molar-refractivity contribution in [1.29, 1.82) is 0 Å². The molecular weight excluding hydrogens is 459 g/mol. The van der Waals surface area contributed by atoms with E-state index in [1.807, 2.05) is 28.7 Å². The Bertz CT molecular complexity index is 1390. The van der Waals surface area contributed by atoms with Gasteiger partial charge in [0, 0.05) is 42.9 Å². The van der Waals surface area contributed by atoms with Crippen molar-refractivity contribution in [2.45, 2.75) is 25.3 Å². The molecule has 2 aromatic carbocycles. The average molecular weight is 489 g/mol. The van der Waals surface area contributed by atoms with Gasteiger partial charge in [0.15, 0.2) is 11.5 Å². The van der Waals surface area contributed by atoms with Gasteiger partial charge in [0.2, 0.25) is 0 Å². The molecule has 2 fully saturated rings. The van der Waals surface area contributed by atoms with Gasteiger partial charge in [0.25, 0.3) is 5.91 Å². The summed E-state index contributed by atoms with van der Waals surface area (Å²) in [6, 6.07) is 12.4. The molecule has 186 valence electrons. The molecule has 0 unspecified atom stereocenters. The Labute approximate surface area is 208 Å². The number of halogens is 1. The Morgan fingerprint density at radius 2 is 1.92 bits per heavy atom. The molecule has 1 aliphatic heterocycles. The van der Waals surface area contributed by atoms with Gasteiger partial charge in [-0.3, -0.25) is 14.1 Å². The number of fused-ring (bicyclic) bond motifs is 3. The predicted molar refractivity (Wildman–Crippen MR) is 137 cm³/mol. The normalized spacial score (nSPS) is 16.5. The van der Waals surface area contributed by atoms with Crippen molar-refractivity contribution in [3.63, 3.8) is 0 Å². The molecule has 36 heavy (non-hydrogen) atoms. The molecule has 0 radical (unpaired) electrons. The number of rotatable bonds is 8. The van der Waals surface area contributed by atoms with Gasteiger partial charge in [-0.1, -0.05) is 12.1 Å². The molecule has 3 heterocycles. The van der Waals surface area contributed by atoms with Crippen LogP contribution in [-0.4, -0.2) is 70.6 Å². The van der Waals surface area contributed by atoms with Crippen molar-refractivity contribution in [3.8, 4) is 11.3 Å². The highest BCUT2D eigenvalue weighted by molar-refractivity contribution is 5.95. The number of nitrogens with one attached hydrogen (secondary N) is 2.